The lowest BCUT2D eigenvalue weighted by Crippen LogP contribution is -2.23. The molecule has 2 aromatic carbocycles. The standard InChI is InChI=1S/C16H18BrFN2/c1-2-20(11-12-6-4-3-5-7-12)14-9-8-13(10-19)15(17)16(14)18/h3-9H,2,10-11,19H2,1H3. The Morgan fingerprint density at radius 2 is 1.85 bits per heavy atom. The number of anilines is 1. The predicted molar refractivity (Wildman–Crippen MR) is 85.2 cm³/mol. The summed E-state index contributed by atoms with van der Waals surface area (Å²) in [5, 5.41) is 0. The Morgan fingerprint density at radius 1 is 1.15 bits per heavy atom. The van der Waals surface area contributed by atoms with Crippen molar-refractivity contribution in [2.45, 2.75) is 20.0 Å². The minimum absolute atomic E-state index is 0.245. The van der Waals surface area contributed by atoms with Gasteiger partial charge < -0.3 is 10.6 Å². The fourth-order valence-corrected chi connectivity index (χ4v) is 2.65. The highest BCUT2D eigenvalue weighted by atomic mass is 79.9. The van der Waals surface area contributed by atoms with Crippen molar-refractivity contribution in [1.29, 1.82) is 0 Å². The molecule has 2 nitrogen and oxygen atoms in total. The average Bonchev–Trinajstić information content (AvgIpc) is 2.49. The molecule has 20 heavy (non-hydrogen) atoms. The molecule has 0 fully saturated rings. The van der Waals surface area contributed by atoms with Gasteiger partial charge in [0.15, 0.2) is 5.82 Å². The first-order valence-corrected chi connectivity index (χ1v) is 7.42. The van der Waals surface area contributed by atoms with Gasteiger partial charge in [0.1, 0.15) is 0 Å². The Balaban J connectivity index is 2.30. The van der Waals surface area contributed by atoms with Crippen LogP contribution in [-0.2, 0) is 13.1 Å². The van der Waals surface area contributed by atoms with Gasteiger partial charge >= 0.3 is 0 Å². The van der Waals surface area contributed by atoms with Gasteiger partial charge in [0.05, 0.1) is 10.2 Å². The van der Waals surface area contributed by atoms with E-state index in [1.165, 1.54) is 0 Å². The lowest BCUT2D eigenvalue weighted by molar-refractivity contribution is 0.609. The SMILES string of the molecule is CCN(Cc1ccccc1)c1ccc(CN)c(Br)c1F. The summed E-state index contributed by atoms with van der Waals surface area (Å²) < 4.78 is 14.9. The summed E-state index contributed by atoms with van der Waals surface area (Å²) in [6.07, 6.45) is 0. The van der Waals surface area contributed by atoms with Gasteiger partial charge in [-0.2, -0.15) is 0 Å². The maximum absolute atomic E-state index is 14.4. The van der Waals surface area contributed by atoms with Crippen molar-refractivity contribution in [3.8, 4) is 0 Å². The third-order valence-corrected chi connectivity index (χ3v) is 4.16. The molecule has 0 amide bonds. The van der Waals surface area contributed by atoms with Crippen molar-refractivity contribution in [2.24, 2.45) is 5.73 Å². The van der Waals surface area contributed by atoms with Crippen LogP contribution < -0.4 is 10.6 Å². The zero-order chi connectivity index (χ0) is 14.5. The highest BCUT2D eigenvalue weighted by Crippen LogP contribution is 2.30. The topological polar surface area (TPSA) is 29.3 Å². The van der Waals surface area contributed by atoms with Crippen LogP contribution in [0.25, 0.3) is 0 Å². The molecule has 0 unspecified atom stereocenters. The summed E-state index contributed by atoms with van der Waals surface area (Å²) in [5.41, 5.74) is 8.13. The van der Waals surface area contributed by atoms with Crippen molar-refractivity contribution in [1.82, 2.24) is 0 Å². The fourth-order valence-electron chi connectivity index (χ4n) is 2.15. The second-order valence-electron chi connectivity index (χ2n) is 4.58. The van der Waals surface area contributed by atoms with Crippen LogP contribution in [0.2, 0.25) is 0 Å². The molecule has 0 aliphatic rings. The van der Waals surface area contributed by atoms with Crippen LogP contribution in [0.15, 0.2) is 46.9 Å². The van der Waals surface area contributed by atoms with Gasteiger partial charge in [-0.15, -0.1) is 0 Å². The first kappa shape index (κ1) is 15.0. The minimum Gasteiger partial charge on any atom is -0.365 e. The molecule has 0 saturated carbocycles. The van der Waals surface area contributed by atoms with Crippen molar-refractivity contribution in [3.05, 3.63) is 63.9 Å². The number of rotatable bonds is 5. The largest absolute Gasteiger partial charge is 0.365 e. The smallest absolute Gasteiger partial charge is 0.160 e. The van der Waals surface area contributed by atoms with Crippen LogP contribution in [0.3, 0.4) is 0 Å². The molecule has 4 heteroatoms. The molecule has 0 saturated heterocycles. The molecule has 2 rings (SSSR count). The Bertz CT molecular complexity index is 572. The summed E-state index contributed by atoms with van der Waals surface area (Å²) in [6, 6.07) is 13.7. The Kier molecular flexibility index (Phi) is 5.15. The Hall–Kier alpha value is -1.39. The predicted octanol–water partition coefficient (Wildman–Crippen LogP) is 4.07. The summed E-state index contributed by atoms with van der Waals surface area (Å²) in [4.78, 5) is 2.01. The molecule has 0 radical (unpaired) electrons. The number of nitrogens with zero attached hydrogens (tertiary/aromatic N) is 1. The number of hydrogen-bond donors (Lipinski definition) is 1. The van der Waals surface area contributed by atoms with Crippen LogP contribution in [0.1, 0.15) is 18.1 Å². The average molecular weight is 337 g/mol. The van der Waals surface area contributed by atoms with E-state index in [2.05, 4.69) is 15.9 Å². The van der Waals surface area contributed by atoms with E-state index in [-0.39, 0.29) is 5.82 Å². The molecule has 0 bridgehead atoms. The van der Waals surface area contributed by atoms with E-state index < -0.39 is 0 Å². The normalized spacial score (nSPS) is 10.6. The van der Waals surface area contributed by atoms with Crippen LogP contribution in [0.4, 0.5) is 10.1 Å². The van der Waals surface area contributed by atoms with Crippen LogP contribution in [0.5, 0.6) is 0 Å². The monoisotopic (exact) mass is 336 g/mol. The molecule has 0 aromatic heterocycles. The van der Waals surface area contributed by atoms with Gasteiger partial charge in [0, 0.05) is 19.6 Å². The third-order valence-electron chi connectivity index (χ3n) is 3.30. The third kappa shape index (κ3) is 3.19. The maximum atomic E-state index is 14.4. The van der Waals surface area contributed by atoms with Crippen LogP contribution in [-0.4, -0.2) is 6.54 Å². The quantitative estimate of drug-likeness (QED) is 0.891. The molecule has 0 aliphatic heterocycles. The van der Waals surface area contributed by atoms with E-state index in [1.807, 2.05) is 48.2 Å². The van der Waals surface area contributed by atoms with Crippen molar-refractivity contribution in [3.63, 3.8) is 0 Å². The maximum Gasteiger partial charge on any atom is 0.160 e. The second kappa shape index (κ2) is 6.86. The molecule has 0 aliphatic carbocycles. The Morgan fingerprint density at radius 3 is 2.45 bits per heavy atom. The van der Waals surface area contributed by atoms with E-state index in [1.54, 1.807) is 6.07 Å². The summed E-state index contributed by atoms with van der Waals surface area (Å²) >= 11 is 3.29. The highest BCUT2D eigenvalue weighted by Gasteiger charge is 2.15. The molecule has 0 atom stereocenters. The lowest BCUT2D eigenvalue weighted by Gasteiger charge is -2.24. The zero-order valence-electron chi connectivity index (χ0n) is 11.4. The van der Waals surface area contributed by atoms with Crippen molar-refractivity contribution < 1.29 is 4.39 Å². The van der Waals surface area contributed by atoms with Crippen molar-refractivity contribution >= 4 is 21.6 Å². The van der Waals surface area contributed by atoms with Gasteiger partial charge in [-0.05, 0) is 40.0 Å². The Labute approximate surface area is 127 Å². The number of halogens is 2. The van der Waals surface area contributed by atoms with Gasteiger partial charge in [-0.1, -0.05) is 36.4 Å². The van der Waals surface area contributed by atoms with Gasteiger partial charge in [-0.3, -0.25) is 0 Å². The molecule has 0 heterocycles. The van der Waals surface area contributed by atoms with E-state index >= 15 is 0 Å². The van der Waals surface area contributed by atoms with Crippen LogP contribution in [0, 0.1) is 5.82 Å². The van der Waals surface area contributed by atoms with Crippen molar-refractivity contribution in [2.75, 3.05) is 11.4 Å². The molecule has 2 N–H and O–H groups in total. The summed E-state index contributed by atoms with van der Waals surface area (Å²) in [7, 11) is 0. The lowest BCUT2D eigenvalue weighted by atomic mass is 10.1. The molecule has 106 valence electrons. The summed E-state index contributed by atoms with van der Waals surface area (Å²) in [6.45, 7) is 3.76. The first-order chi connectivity index (χ1) is 9.67. The van der Waals surface area contributed by atoms with E-state index in [0.717, 1.165) is 17.7 Å². The van der Waals surface area contributed by atoms with E-state index in [0.29, 0.717) is 23.2 Å². The first-order valence-electron chi connectivity index (χ1n) is 6.63. The number of benzene rings is 2. The summed E-state index contributed by atoms with van der Waals surface area (Å²) in [5.74, 6) is -0.245. The van der Waals surface area contributed by atoms with E-state index in [9.17, 15) is 4.39 Å². The van der Waals surface area contributed by atoms with Gasteiger partial charge in [-0.25, -0.2) is 4.39 Å². The second-order valence-corrected chi connectivity index (χ2v) is 5.37. The minimum atomic E-state index is -0.245. The van der Waals surface area contributed by atoms with Crippen LogP contribution >= 0.6 is 15.9 Å². The zero-order valence-corrected chi connectivity index (χ0v) is 13.0. The van der Waals surface area contributed by atoms with E-state index in [4.69, 9.17) is 5.73 Å². The molecular weight excluding hydrogens is 319 g/mol. The van der Waals surface area contributed by atoms with Gasteiger partial charge in [0.25, 0.3) is 0 Å². The van der Waals surface area contributed by atoms with Gasteiger partial charge in [0.2, 0.25) is 0 Å². The molecular formula is C16H18BrFN2. The molecule has 2 aromatic rings. The fraction of sp³-hybridized carbons (Fsp3) is 0.250. The number of nitrogens with two attached hydrogens (primary N) is 1. The molecule has 0 spiro atoms. The highest BCUT2D eigenvalue weighted by molar-refractivity contribution is 9.10. The number of hydrogen-bond acceptors (Lipinski definition) is 2.